The molecule has 0 aliphatic carbocycles. The highest BCUT2D eigenvalue weighted by atomic mass is 32.2. The van der Waals surface area contributed by atoms with Crippen LogP contribution >= 0.6 is 11.8 Å². The fourth-order valence-electron chi connectivity index (χ4n) is 3.31. The lowest BCUT2D eigenvalue weighted by molar-refractivity contribution is -0.152. The van der Waals surface area contributed by atoms with Crippen molar-refractivity contribution in [1.82, 2.24) is 0 Å². The maximum Gasteiger partial charge on any atom is 0.0903 e. The van der Waals surface area contributed by atoms with E-state index < -0.39 is 11.7 Å². The molecule has 4 heteroatoms. The largest absolute Gasteiger partial charge is 0.390 e. The van der Waals surface area contributed by atoms with Crippen molar-refractivity contribution in [3.05, 3.63) is 0 Å². The van der Waals surface area contributed by atoms with Gasteiger partial charge in [-0.1, -0.05) is 13.8 Å². The van der Waals surface area contributed by atoms with Gasteiger partial charge in [0, 0.05) is 12.4 Å². The molecule has 2 N–H and O–H groups in total. The second kappa shape index (κ2) is 5.70. The average molecular weight is 274 g/mol. The van der Waals surface area contributed by atoms with Gasteiger partial charge in [0.05, 0.1) is 17.3 Å². The summed E-state index contributed by atoms with van der Waals surface area (Å²) < 4.78 is 5.97. The lowest BCUT2D eigenvalue weighted by Gasteiger charge is -2.43. The van der Waals surface area contributed by atoms with Crippen LogP contribution < -0.4 is 0 Å². The zero-order valence-electron chi connectivity index (χ0n) is 11.5. The van der Waals surface area contributed by atoms with Crippen molar-refractivity contribution >= 4 is 11.8 Å². The number of thioether (sulfide) groups is 1. The third kappa shape index (κ3) is 2.72. The summed E-state index contributed by atoms with van der Waals surface area (Å²) in [6, 6.07) is 0. The molecule has 3 unspecified atom stereocenters. The Labute approximate surface area is 114 Å². The molecule has 1 spiro atoms. The molecule has 3 nitrogen and oxygen atoms in total. The molecule has 2 fully saturated rings. The Balaban J connectivity index is 2.04. The Kier molecular flexibility index (Phi) is 4.63. The van der Waals surface area contributed by atoms with E-state index in [2.05, 4.69) is 0 Å². The first kappa shape index (κ1) is 14.6. The maximum absolute atomic E-state index is 10.5. The van der Waals surface area contributed by atoms with Gasteiger partial charge in [-0.15, -0.1) is 0 Å². The molecule has 0 aromatic carbocycles. The van der Waals surface area contributed by atoms with Crippen molar-refractivity contribution in [3.63, 3.8) is 0 Å². The summed E-state index contributed by atoms with van der Waals surface area (Å²) in [5, 5.41) is 21.0. The summed E-state index contributed by atoms with van der Waals surface area (Å²) in [7, 11) is 0. The summed E-state index contributed by atoms with van der Waals surface area (Å²) >= 11 is 1.94. The second-order valence-electron chi connectivity index (χ2n) is 5.84. The first-order valence-electron chi connectivity index (χ1n) is 7.17. The van der Waals surface area contributed by atoms with Crippen LogP contribution in [-0.4, -0.2) is 45.6 Å². The van der Waals surface area contributed by atoms with Crippen LogP contribution in [0, 0.1) is 5.92 Å². The van der Waals surface area contributed by atoms with Gasteiger partial charge in [0.15, 0.2) is 0 Å². The smallest absolute Gasteiger partial charge is 0.0903 e. The topological polar surface area (TPSA) is 49.7 Å². The van der Waals surface area contributed by atoms with Gasteiger partial charge in [-0.25, -0.2) is 0 Å². The Bertz CT molecular complexity index is 272. The molecule has 0 saturated carbocycles. The summed E-state index contributed by atoms with van der Waals surface area (Å²) in [6.07, 6.45) is 3.49. The Morgan fingerprint density at radius 2 is 2.17 bits per heavy atom. The highest BCUT2D eigenvalue weighted by Gasteiger charge is 2.46. The molecule has 106 valence electrons. The van der Waals surface area contributed by atoms with Crippen molar-refractivity contribution in [1.29, 1.82) is 0 Å². The normalized spacial score (nSPS) is 35.0. The highest BCUT2D eigenvalue weighted by molar-refractivity contribution is 7.99. The zero-order valence-corrected chi connectivity index (χ0v) is 12.3. The molecule has 0 bridgehead atoms. The standard InChI is InChI=1S/C14H26O3S/c1-3-14(16,4-2)12(15)11-5-7-17-13(9-11)6-8-18-10-13/h11-12,15-16H,3-10H2,1-2H3. The van der Waals surface area contributed by atoms with Crippen LogP contribution in [0.3, 0.4) is 0 Å². The predicted octanol–water partition coefficient (Wildman–Crippen LogP) is 2.20. The minimum atomic E-state index is -0.922. The number of aliphatic hydroxyl groups is 2. The molecular formula is C14H26O3S. The van der Waals surface area contributed by atoms with Gasteiger partial charge >= 0.3 is 0 Å². The molecule has 18 heavy (non-hydrogen) atoms. The fraction of sp³-hybridized carbons (Fsp3) is 1.00. The number of hydrogen-bond acceptors (Lipinski definition) is 4. The number of aliphatic hydroxyl groups excluding tert-OH is 1. The van der Waals surface area contributed by atoms with E-state index in [9.17, 15) is 10.2 Å². The molecule has 0 radical (unpaired) electrons. The molecular weight excluding hydrogens is 248 g/mol. The van der Waals surface area contributed by atoms with Gasteiger partial charge in [-0.05, 0) is 43.8 Å². The van der Waals surface area contributed by atoms with Gasteiger partial charge in [0.1, 0.15) is 0 Å². The van der Waals surface area contributed by atoms with Crippen molar-refractivity contribution in [3.8, 4) is 0 Å². The summed E-state index contributed by atoms with van der Waals surface area (Å²) in [4.78, 5) is 0. The summed E-state index contributed by atoms with van der Waals surface area (Å²) in [6.45, 7) is 4.63. The lowest BCUT2D eigenvalue weighted by Crippen LogP contribution is -2.51. The lowest BCUT2D eigenvalue weighted by atomic mass is 9.75. The Morgan fingerprint density at radius 1 is 1.44 bits per heavy atom. The SMILES string of the molecule is CCC(O)(CC)C(O)C1CCOC2(CCSC2)C1. The van der Waals surface area contributed by atoms with Crippen molar-refractivity contribution in [2.45, 2.75) is 63.3 Å². The van der Waals surface area contributed by atoms with E-state index in [4.69, 9.17) is 4.74 Å². The second-order valence-corrected chi connectivity index (χ2v) is 6.95. The van der Waals surface area contributed by atoms with E-state index >= 15 is 0 Å². The quantitative estimate of drug-likeness (QED) is 0.825. The maximum atomic E-state index is 10.5. The monoisotopic (exact) mass is 274 g/mol. The van der Waals surface area contributed by atoms with Crippen LogP contribution in [-0.2, 0) is 4.74 Å². The molecule has 0 aromatic heterocycles. The summed E-state index contributed by atoms with van der Waals surface area (Å²) in [5.74, 6) is 2.39. The van der Waals surface area contributed by atoms with Crippen LogP contribution in [0.5, 0.6) is 0 Å². The number of ether oxygens (including phenoxy) is 1. The molecule has 0 aromatic rings. The van der Waals surface area contributed by atoms with Crippen LogP contribution in [0.25, 0.3) is 0 Å². The van der Waals surface area contributed by atoms with E-state index in [-0.39, 0.29) is 11.5 Å². The first-order valence-corrected chi connectivity index (χ1v) is 8.33. The van der Waals surface area contributed by atoms with Crippen LogP contribution in [0.1, 0.15) is 46.0 Å². The van der Waals surface area contributed by atoms with Crippen LogP contribution in [0.4, 0.5) is 0 Å². The van der Waals surface area contributed by atoms with Gasteiger partial charge in [-0.3, -0.25) is 0 Å². The Morgan fingerprint density at radius 3 is 2.72 bits per heavy atom. The van der Waals surface area contributed by atoms with Crippen LogP contribution in [0.2, 0.25) is 0 Å². The zero-order chi connectivity index (χ0) is 13.2. The third-order valence-corrected chi connectivity index (χ3v) is 6.04. The van der Waals surface area contributed by atoms with Crippen molar-refractivity contribution in [2.24, 2.45) is 5.92 Å². The number of hydrogen-bond donors (Lipinski definition) is 2. The molecule has 2 rings (SSSR count). The fourth-order valence-corrected chi connectivity index (χ4v) is 4.68. The minimum absolute atomic E-state index is 0.0169. The summed E-state index contributed by atoms with van der Waals surface area (Å²) in [5.41, 5.74) is -0.939. The number of rotatable bonds is 4. The molecule has 2 heterocycles. The molecule has 3 atom stereocenters. The Hall–Kier alpha value is 0.230. The van der Waals surface area contributed by atoms with E-state index in [1.54, 1.807) is 0 Å². The van der Waals surface area contributed by atoms with E-state index in [1.807, 2.05) is 25.6 Å². The highest BCUT2D eigenvalue weighted by Crippen LogP contribution is 2.43. The van der Waals surface area contributed by atoms with E-state index in [1.165, 1.54) is 0 Å². The molecule has 2 aliphatic rings. The van der Waals surface area contributed by atoms with Gasteiger partial charge < -0.3 is 14.9 Å². The van der Waals surface area contributed by atoms with Gasteiger partial charge in [0.2, 0.25) is 0 Å². The predicted molar refractivity (Wildman–Crippen MR) is 74.9 cm³/mol. The van der Waals surface area contributed by atoms with Crippen molar-refractivity contribution in [2.75, 3.05) is 18.1 Å². The van der Waals surface area contributed by atoms with Crippen molar-refractivity contribution < 1.29 is 14.9 Å². The minimum Gasteiger partial charge on any atom is -0.390 e. The first-order chi connectivity index (χ1) is 8.55. The van der Waals surface area contributed by atoms with Gasteiger partial charge in [-0.2, -0.15) is 11.8 Å². The average Bonchev–Trinajstić information content (AvgIpc) is 2.85. The third-order valence-electron chi connectivity index (χ3n) is 4.82. The van der Waals surface area contributed by atoms with E-state index in [0.717, 1.165) is 37.4 Å². The van der Waals surface area contributed by atoms with Gasteiger partial charge in [0.25, 0.3) is 0 Å². The van der Waals surface area contributed by atoms with E-state index in [0.29, 0.717) is 12.8 Å². The molecule has 0 amide bonds. The van der Waals surface area contributed by atoms with Crippen LogP contribution in [0.15, 0.2) is 0 Å². The molecule has 2 aliphatic heterocycles. The molecule has 2 saturated heterocycles.